The van der Waals surface area contributed by atoms with Crippen LogP contribution in [0.15, 0.2) is 30.3 Å². The lowest BCUT2D eigenvalue weighted by Crippen LogP contribution is -2.68. The third-order valence-electron chi connectivity index (χ3n) is 14.5. The van der Waals surface area contributed by atoms with Crippen LogP contribution in [0, 0.1) is 51.2 Å². The summed E-state index contributed by atoms with van der Waals surface area (Å²) in [4.78, 5) is 24.8. The van der Waals surface area contributed by atoms with E-state index >= 15 is 0 Å². The molecule has 0 bridgehead atoms. The van der Waals surface area contributed by atoms with Crippen molar-refractivity contribution in [3.63, 3.8) is 0 Å². The molecule has 5 heteroatoms. The number of halogens is 1. The molecule has 0 aliphatic heterocycles. The number of ether oxygens (including phenoxy) is 1. The van der Waals surface area contributed by atoms with Crippen molar-refractivity contribution >= 4 is 33.4 Å². The maximum absolute atomic E-state index is 12.7. The zero-order valence-electron chi connectivity index (χ0n) is 26.9. The minimum Gasteiger partial charge on any atom is -0.465 e. The summed E-state index contributed by atoms with van der Waals surface area (Å²) in [6.07, 6.45) is 13.6. The maximum Gasteiger partial charge on any atom is 0.337 e. The Kier molecular flexibility index (Phi) is 7.39. The van der Waals surface area contributed by atoms with Crippen molar-refractivity contribution in [2.75, 3.05) is 12.4 Å². The Morgan fingerprint density at radius 2 is 1.62 bits per heavy atom. The van der Waals surface area contributed by atoms with Gasteiger partial charge in [-0.3, -0.25) is 4.79 Å². The van der Waals surface area contributed by atoms with E-state index in [-0.39, 0.29) is 28.2 Å². The van der Waals surface area contributed by atoms with Crippen LogP contribution in [0.3, 0.4) is 0 Å². The topological polar surface area (TPSA) is 55.4 Å². The maximum atomic E-state index is 12.7. The first-order valence-corrected chi connectivity index (χ1v) is 17.7. The Bertz CT molecular complexity index is 1290. The van der Waals surface area contributed by atoms with Gasteiger partial charge in [-0.25, -0.2) is 4.79 Å². The normalized spacial score (nSPS) is 43.6. The molecule has 4 nitrogen and oxygen atoms in total. The molecule has 5 aliphatic rings. The van der Waals surface area contributed by atoms with Crippen LogP contribution in [0.25, 0.3) is 5.57 Å². The van der Waals surface area contributed by atoms with Crippen LogP contribution >= 0.6 is 15.9 Å². The number of esters is 1. The number of benzene rings is 1. The van der Waals surface area contributed by atoms with Crippen LogP contribution in [0.1, 0.15) is 115 Å². The molecule has 9 atom stereocenters. The van der Waals surface area contributed by atoms with Crippen molar-refractivity contribution in [1.82, 2.24) is 5.32 Å². The van der Waals surface area contributed by atoms with E-state index in [1.807, 2.05) is 12.1 Å². The van der Waals surface area contributed by atoms with Crippen molar-refractivity contribution in [1.29, 1.82) is 0 Å². The Hall–Kier alpha value is -1.62. The van der Waals surface area contributed by atoms with Gasteiger partial charge in [0.25, 0.3) is 0 Å². The van der Waals surface area contributed by atoms with Gasteiger partial charge in [-0.1, -0.05) is 75.7 Å². The number of carbonyl (C=O) groups is 2. The zero-order valence-corrected chi connectivity index (χ0v) is 28.5. The second kappa shape index (κ2) is 10.2. The number of hydrogen-bond donors (Lipinski definition) is 1. The van der Waals surface area contributed by atoms with Crippen molar-refractivity contribution in [2.24, 2.45) is 51.2 Å². The molecule has 9 unspecified atom stereocenters. The van der Waals surface area contributed by atoms with E-state index in [4.69, 9.17) is 4.74 Å². The summed E-state index contributed by atoms with van der Waals surface area (Å²) in [5.74, 6) is 3.14. The Morgan fingerprint density at radius 3 is 2.29 bits per heavy atom. The van der Waals surface area contributed by atoms with Gasteiger partial charge in [-0.15, -0.1) is 0 Å². The Morgan fingerprint density at radius 1 is 0.905 bits per heavy atom. The first kappa shape index (κ1) is 30.4. The van der Waals surface area contributed by atoms with Gasteiger partial charge >= 0.3 is 5.97 Å². The molecule has 4 fully saturated rings. The lowest BCUT2D eigenvalue weighted by atomic mass is 9.33. The quantitative estimate of drug-likeness (QED) is 0.265. The second-order valence-electron chi connectivity index (χ2n) is 16.2. The van der Waals surface area contributed by atoms with Gasteiger partial charge in [-0.05, 0) is 132 Å². The number of rotatable bonds is 4. The van der Waals surface area contributed by atoms with Crippen LogP contribution in [0.2, 0.25) is 0 Å². The summed E-state index contributed by atoms with van der Waals surface area (Å²) in [5, 5.41) is 3.99. The van der Waals surface area contributed by atoms with E-state index in [9.17, 15) is 9.59 Å². The summed E-state index contributed by atoms with van der Waals surface area (Å²) >= 11 is 3.43. The van der Waals surface area contributed by atoms with Crippen LogP contribution in [-0.2, 0) is 9.53 Å². The summed E-state index contributed by atoms with van der Waals surface area (Å²) < 4.78 is 4.93. The molecule has 1 aromatic rings. The second-order valence-corrected chi connectivity index (χ2v) is 16.7. The van der Waals surface area contributed by atoms with E-state index in [1.165, 1.54) is 56.8 Å². The van der Waals surface area contributed by atoms with E-state index < -0.39 is 0 Å². The van der Waals surface area contributed by atoms with E-state index in [1.54, 1.807) is 0 Å². The van der Waals surface area contributed by atoms with Crippen molar-refractivity contribution in [3.8, 4) is 0 Å². The first-order valence-electron chi connectivity index (χ1n) is 16.5. The molecule has 230 valence electrons. The molecule has 0 spiro atoms. The Labute approximate surface area is 262 Å². The standard InChI is InChI=1S/C37H52BrNO3/c1-23-14-19-37(39-30(40)22-38)21-20-35(5)27(31(23)37)12-13-29-34(4)17-15-26(24-8-10-25(11-9-24)32(41)42-7)33(2,3)28(34)16-18-36(29,35)6/h8-11,15,23,27-29,31H,12-14,16-22H2,1-7H3,(H,39,40). The van der Waals surface area contributed by atoms with E-state index in [0.29, 0.717) is 51.3 Å². The minimum absolute atomic E-state index is 0.00731. The molecule has 0 saturated heterocycles. The smallest absolute Gasteiger partial charge is 0.337 e. The number of allylic oxidation sites excluding steroid dienone is 2. The third-order valence-corrected chi connectivity index (χ3v) is 15.0. The molecule has 5 aliphatic carbocycles. The van der Waals surface area contributed by atoms with Crippen molar-refractivity contribution in [2.45, 2.75) is 105 Å². The molecule has 1 N–H and O–H groups in total. The molecule has 0 radical (unpaired) electrons. The number of carbonyl (C=O) groups excluding carboxylic acids is 2. The highest BCUT2D eigenvalue weighted by atomic mass is 79.9. The molecule has 0 heterocycles. The zero-order chi connectivity index (χ0) is 30.3. The highest BCUT2D eigenvalue weighted by Gasteiger charge is 2.70. The molecule has 1 aromatic carbocycles. The van der Waals surface area contributed by atoms with Gasteiger partial charge in [-0.2, -0.15) is 0 Å². The average Bonchev–Trinajstić information content (AvgIpc) is 3.28. The van der Waals surface area contributed by atoms with Crippen molar-refractivity contribution in [3.05, 3.63) is 41.5 Å². The summed E-state index contributed by atoms with van der Waals surface area (Å²) in [7, 11) is 1.44. The number of nitrogens with one attached hydrogen (secondary N) is 1. The van der Waals surface area contributed by atoms with Crippen LogP contribution in [0.4, 0.5) is 0 Å². The molecule has 0 aromatic heterocycles. The largest absolute Gasteiger partial charge is 0.465 e. The highest BCUT2D eigenvalue weighted by molar-refractivity contribution is 9.09. The van der Waals surface area contributed by atoms with Gasteiger partial charge in [0.1, 0.15) is 0 Å². The van der Waals surface area contributed by atoms with Gasteiger partial charge < -0.3 is 10.1 Å². The van der Waals surface area contributed by atoms with E-state index in [0.717, 1.165) is 19.3 Å². The predicted molar refractivity (Wildman–Crippen MR) is 173 cm³/mol. The third kappa shape index (κ3) is 4.10. The van der Waals surface area contributed by atoms with E-state index in [2.05, 4.69) is 81.0 Å². The molecule has 4 saturated carbocycles. The lowest BCUT2D eigenvalue weighted by Gasteiger charge is -2.72. The van der Waals surface area contributed by atoms with Crippen molar-refractivity contribution < 1.29 is 14.3 Å². The average molecular weight is 639 g/mol. The van der Waals surface area contributed by atoms with Crippen LogP contribution in [-0.4, -0.2) is 29.9 Å². The number of fused-ring (bicyclic) bond motifs is 7. The fourth-order valence-corrected chi connectivity index (χ4v) is 12.6. The van der Waals surface area contributed by atoms with Gasteiger partial charge in [0.15, 0.2) is 0 Å². The summed E-state index contributed by atoms with van der Waals surface area (Å²) in [6.45, 7) is 15.4. The highest BCUT2D eigenvalue weighted by Crippen LogP contribution is 2.76. The SMILES string of the molecule is COC(=O)c1ccc(C2=CCC3(C)C(CCC4(C)C3CCC3C5C(C)CCC5(NC(=O)CBr)CCC34C)C2(C)C)cc1. The molecule has 6 rings (SSSR count). The number of methoxy groups -OCH3 is 1. The van der Waals surface area contributed by atoms with Gasteiger partial charge in [0, 0.05) is 5.54 Å². The minimum atomic E-state index is -0.279. The lowest BCUT2D eigenvalue weighted by molar-refractivity contribution is -0.219. The molecule has 42 heavy (non-hydrogen) atoms. The summed E-state index contributed by atoms with van der Waals surface area (Å²) in [6, 6.07) is 8.07. The first-order chi connectivity index (χ1) is 19.8. The number of alkyl halides is 1. The van der Waals surface area contributed by atoms with Crippen LogP contribution < -0.4 is 5.32 Å². The fourth-order valence-electron chi connectivity index (χ4n) is 12.5. The van der Waals surface area contributed by atoms with Gasteiger partial charge in [0.05, 0.1) is 18.0 Å². The summed E-state index contributed by atoms with van der Waals surface area (Å²) in [5.41, 5.74) is 4.20. The Balaban J connectivity index is 1.33. The molecular weight excluding hydrogens is 586 g/mol. The number of amides is 1. The predicted octanol–water partition coefficient (Wildman–Crippen LogP) is 8.83. The van der Waals surface area contributed by atoms with Gasteiger partial charge in [0.2, 0.25) is 5.91 Å². The molecular formula is C37H52BrNO3. The number of hydrogen-bond acceptors (Lipinski definition) is 3. The fraction of sp³-hybridized carbons (Fsp3) is 0.730. The molecule has 1 amide bonds. The van der Waals surface area contributed by atoms with Crippen LogP contribution in [0.5, 0.6) is 0 Å². The monoisotopic (exact) mass is 637 g/mol.